The van der Waals surface area contributed by atoms with E-state index in [0.29, 0.717) is 41.8 Å². The van der Waals surface area contributed by atoms with Gasteiger partial charge in [-0.05, 0) is 48.7 Å². The monoisotopic (exact) mass is 469 g/mol. The molecule has 1 saturated heterocycles. The summed E-state index contributed by atoms with van der Waals surface area (Å²) in [5, 5.41) is 3.05. The zero-order valence-corrected chi connectivity index (χ0v) is 20.2. The predicted octanol–water partition coefficient (Wildman–Crippen LogP) is 3.16. The minimum Gasteiger partial charge on any atom is -0.493 e. The SMILES string of the molecule is COc1ccc(N2C[C@@H](NC(=O)N3CCc4cc(OC)c(OC)cc4[C@@H]3C)CC2=O)cc1OC. The van der Waals surface area contributed by atoms with Crippen molar-refractivity contribution in [1.29, 1.82) is 0 Å². The standard InChI is InChI=1S/C25H31N3O6/c1-15-19-13-23(34-5)21(32-3)10-16(19)8-9-27(15)25(30)26-17-11-24(29)28(14-17)18-6-7-20(31-2)22(12-18)33-4/h6-7,10,12-13,15,17H,8-9,11,14H2,1-5H3,(H,26,30)/t15-,17-/m0/s1. The van der Waals surface area contributed by atoms with Crippen LogP contribution in [0.4, 0.5) is 10.5 Å². The van der Waals surface area contributed by atoms with Gasteiger partial charge in [-0.3, -0.25) is 4.79 Å². The van der Waals surface area contributed by atoms with Crippen LogP contribution in [0.1, 0.15) is 30.5 Å². The predicted molar refractivity (Wildman–Crippen MR) is 127 cm³/mol. The van der Waals surface area contributed by atoms with E-state index in [1.807, 2.05) is 25.1 Å². The van der Waals surface area contributed by atoms with Crippen LogP contribution in [0.15, 0.2) is 30.3 Å². The largest absolute Gasteiger partial charge is 0.493 e. The summed E-state index contributed by atoms with van der Waals surface area (Å²) in [7, 11) is 6.34. The first kappa shape index (κ1) is 23.5. The van der Waals surface area contributed by atoms with Crippen LogP contribution < -0.4 is 29.2 Å². The second-order valence-corrected chi connectivity index (χ2v) is 8.42. The summed E-state index contributed by atoms with van der Waals surface area (Å²) in [4.78, 5) is 29.4. The fourth-order valence-electron chi connectivity index (χ4n) is 4.73. The Labute approximate surface area is 199 Å². The highest BCUT2D eigenvalue weighted by Crippen LogP contribution is 2.38. The van der Waals surface area contributed by atoms with Crippen LogP contribution in [-0.4, -0.2) is 64.4 Å². The van der Waals surface area contributed by atoms with Crippen LogP contribution in [0.5, 0.6) is 23.0 Å². The number of methoxy groups -OCH3 is 4. The Balaban J connectivity index is 1.45. The average Bonchev–Trinajstić information content (AvgIpc) is 3.22. The van der Waals surface area contributed by atoms with Gasteiger partial charge in [0, 0.05) is 31.3 Å². The van der Waals surface area contributed by atoms with Crippen LogP contribution in [-0.2, 0) is 11.2 Å². The van der Waals surface area contributed by atoms with Crippen molar-refractivity contribution in [1.82, 2.24) is 10.2 Å². The van der Waals surface area contributed by atoms with Crippen LogP contribution in [0, 0.1) is 0 Å². The highest BCUT2D eigenvalue weighted by molar-refractivity contribution is 5.97. The third-order valence-corrected chi connectivity index (χ3v) is 6.58. The molecule has 4 rings (SSSR count). The molecular formula is C25H31N3O6. The Morgan fingerprint density at radius 2 is 1.59 bits per heavy atom. The van der Waals surface area contributed by atoms with E-state index < -0.39 is 0 Å². The summed E-state index contributed by atoms with van der Waals surface area (Å²) < 4.78 is 21.5. The molecule has 0 bridgehead atoms. The number of fused-ring (bicyclic) bond motifs is 1. The Bertz CT molecular complexity index is 1090. The smallest absolute Gasteiger partial charge is 0.318 e. The van der Waals surface area contributed by atoms with Gasteiger partial charge in [-0.1, -0.05) is 0 Å². The molecule has 0 saturated carbocycles. The van der Waals surface area contributed by atoms with Crippen LogP contribution in [0.3, 0.4) is 0 Å². The molecule has 2 heterocycles. The molecule has 1 N–H and O–H groups in total. The van der Waals surface area contributed by atoms with E-state index >= 15 is 0 Å². The number of hydrogen-bond acceptors (Lipinski definition) is 6. The number of amides is 3. The first-order valence-corrected chi connectivity index (χ1v) is 11.2. The quantitative estimate of drug-likeness (QED) is 0.699. The van der Waals surface area contributed by atoms with Crippen LogP contribution in [0.2, 0.25) is 0 Å². The van der Waals surface area contributed by atoms with E-state index in [-0.39, 0.29) is 30.4 Å². The molecule has 182 valence electrons. The zero-order valence-electron chi connectivity index (χ0n) is 20.2. The summed E-state index contributed by atoms with van der Waals surface area (Å²) in [6.07, 6.45) is 0.957. The summed E-state index contributed by atoms with van der Waals surface area (Å²) in [6, 6.07) is 8.67. The van der Waals surface area contributed by atoms with Crippen LogP contribution in [0.25, 0.3) is 0 Å². The summed E-state index contributed by atoms with van der Waals surface area (Å²) in [5.41, 5.74) is 2.89. The number of hydrogen-bond donors (Lipinski definition) is 1. The second kappa shape index (κ2) is 9.70. The van der Waals surface area contributed by atoms with Crippen molar-refractivity contribution in [3.63, 3.8) is 0 Å². The van der Waals surface area contributed by atoms with E-state index in [1.54, 1.807) is 50.4 Å². The van der Waals surface area contributed by atoms with E-state index in [4.69, 9.17) is 18.9 Å². The molecule has 0 aliphatic carbocycles. The highest BCUT2D eigenvalue weighted by Gasteiger charge is 2.35. The number of nitrogens with one attached hydrogen (secondary N) is 1. The van der Waals surface area contributed by atoms with Gasteiger partial charge in [0.1, 0.15) is 0 Å². The van der Waals surface area contributed by atoms with Crippen molar-refractivity contribution in [3.05, 3.63) is 41.5 Å². The molecule has 9 heteroatoms. The number of nitrogens with zero attached hydrogens (tertiary/aromatic N) is 2. The first-order valence-electron chi connectivity index (χ1n) is 11.2. The molecule has 9 nitrogen and oxygen atoms in total. The first-order chi connectivity index (χ1) is 16.4. The molecule has 2 aliphatic rings. The number of ether oxygens (including phenoxy) is 4. The Kier molecular flexibility index (Phi) is 6.72. The molecule has 2 atom stereocenters. The van der Waals surface area contributed by atoms with Crippen molar-refractivity contribution in [2.75, 3.05) is 46.4 Å². The van der Waals surface area contributed by atoms with E-state index in [2.05, 4.69) is 5.32 Å². The summed E-state index contributed by atoms with van der Waals surface area (Å²) >= 11 is 0. The fourth-order valence-corrected chi connectivity index (χ4v) is 4.73. The number of carbonyl (C=O) groups is 2. The Morgan fingerprint density at radius 1 is 0.941 bits per heavy atom. The van der Waals surface area contributed by atoms with Gasteiger partial charge in [0.05, 0.1) is 40.5 Å². The van der Waals surface area contributed by atoms with Gasteiger partial charge < -0.3 is 34.1 Å². The van der Waals surface area contributed by atoms with Crippen molar-refractivity contribution in [2.45, 2.75) is 31.8 Å². The fraction of sp³-hybridized carbons (Fsp3) is 0.440. The molecule has 1 fully saturated rings. The van der Waals surface area contributed by atoms with Crippen molar-refractivity contribution in [3.8, 4) is 23.0 Å². The molecule has 2 aliphatic heterocycles. The van der Waals surface area contributed by atoms with E-state index in [9.17, 15) is 9.59 Å². The third-order valence-electron chi connectivity index (χ3n) is 6.58. The molecule has 2 aromatic carbocycles. The number of carbonyl (C=O) groups excluding carboxylic acids is 2. The number of rotatable bonds is 6. The number of urea groups is 1. The minimum atomic E-state index is -0.285. The van der Waals surface area contributed by atoms with Gasteiger partial charge in [-0.25, -0.2) is 4.79 Å². The van der Waals surface area contributed by atoms with Gasteiger partial charge >= 0.3 is 6.03 Å². The Morgan fingerprint density at radius 3 is 2.26 bits per heavy atom. The van der Waals surface area contributed by atoms with Crippen molar-refractivity contribution < 1.29 is 28.5 Å². The highest BCUT2D eigenvalue weighted by atomic mass is 16.5. The van der Waals surface area contributed by atoms with Crippen molar-refractivity contribution >= 4 is 17.6 Å². The summed E-state index contributed by atoms with van der Waals surface area (Å²) in [6.45, 7) is 2.97. The average molecular weight is 470 g/mol. The molecular weight excluding hydrogens is 438 g/mol. The molecule has 2 aromatic rings. The lowest BCUT2D eigenvalue weighted by Gasteiger charge is -2.36. The zero-order chi connectivity index (χ0) is 24.4. The molecule has 34 heavy (non-hydrogen) atoms. The lowest BCUT2D eigenvalue weighted by atomic mass is 9.93. The number of anilines is 1. The second-order valence-electron chi connectivity index (χ2n) is 8.42. The van der Waals surface area contributed by atoms with E-state index in [0.717, 1.165) is 17.5 Å². The van der Waals surface area contributed by atoms with Gasteiger partial charge in [-0.2, -0.15) is 0 Å². The Hall–Kier alpha value is -3.62. The topological polar surface area (TPSA) is 89.6 Å². The van der Waals surface area contributed by atoms with Gasteiger partial charge in [0.15, 0.2) is 23.0 Å². The molecule has 0 spiro atoms. The maximum atomic E-state index is 13.2. The third kappa shape index (κ3) is 4.30. The minimum absolute atomic E-state index is 0.0496. The molecule has 0 unspecified atom stereocenters. The van der Waals surface area contributed by atoms with Crippen LogP contribution >= 0.6 is 0 Å². The number of benzene rings is 2. The normalized spacial score (nSPS) is 19.5. The van der Waals surface area contributed by atoms with Gasteiger partial charge in [0.2, 0.25) is 5.91 Å². The molecule has 3 amide bonds. The van der Waals surface area contributed by atoms with E-state index in [1.165, 1.54) is 0 Å². The maximum Gasteiger partial charge on any atom is 0.318 e. The van der Waals surface area contributed by atoms with Gasteiger partial charge in [0.25, 0.3) is 0 Å². The van der Waals surface area contributed by atoms with Gasteiger partial charge in [-0.15, -0.1) is 0 Å². The maximum absolute atomic E-state index is 13.2. The molecule has 0 radical (unpaired) electrons. The molecule has 0 aromatic heterocycles. The lowest BCUT2D eigenvalue weighted by Crippen LogP contribution is -2.48. The lowest BCUT2D eigenvalue weighted by molar-refractivity contribution is -0.117. The van der Waals surface area contributed by atoms with Crippen molar-refractivity contribution in [2.24, 2.45) is 0 Å². The summed E-state index contributed by atoms with van der Waals surface area (Å²) in [5.74, 6) is 2.42.